The van der Waals surface area contributed by atoms with Gasteiger partial charge in [-0.2, -0.15) is 0 Å². The summed E-state index contributed by atoms with van der Waals surface area (Å²) in [7, 11) is 0. The van der Waals surface area contributed by atoms with E-state index in [-0.39, 0.29) is 24.3 Å². The van der Waals surface area contributed by atoms with E-state index in [2.05, 4.69) is 16.0 Å². The molecule has 0 aromatic carbocycles. The molecule has 1 saturated heterocycles. The summed E-state index contributed by atoms with van der Waals surface area (Å²) in [6, 6.07) is -0.483. The van der Waals surface area contributed by atoms with Crippen molar-refractivity contribution in [1.82, 2.24) is 20.9 Å². The predicted molar refractivity (Wildman–Crippen MR) is 99.7 cm³/mol. The topological polar surface area (TPSA) is 99.8 Å². The van der Waals surface area contributed by atoms with Gasteiger partial charge in [-0.3, -0.25) is 19.8 Å². The molecule has 3 N–H and O–H groups in total. The highest BCUT2D eigenvalue weighted by atomic mass is 16.5. The van der Waals surface area contributed by atoms with E-state index in [0.29, 0.717) is 32.8 Å². The summed E-state index contributed by atoms with van der Waals surface area (Å²) in [4.78, 5) is 37.7. The molecule has 0 aliphatic carbocycles. The summed E-state index contributed by atoms with van der Waals surface area (Å²) < 4.78 is 5.24. The highest BCUT2D eigenvalue weighted by molar-refractivity contribution is 5.95. The van der Waals surface area contributed by atoms with Crippen molar-refractivity contribution in [3.8, 4) is 0 Å². The van der Waals surface area contributed by atoms with Gasteiger partial charge in [-0.05, 0) is 60.0 Å². The molecule has 0 aromatic rings. The molecule has 1 rings (SSSR count). The van der Waals surface area contributed by atoms with Gasteiger partial charge in [-0.25, -0.2) is 4.79 Å². The fourth-order valence-corrected chi connectivity index (χ4v) is 2.77. The molecule has 0 spiro atoms. The van der Waals surface area contributed by atoms with Crippen LogP contribution in [0.2, 0.25) is 0 Å². The molecule has 8 heteroatoms. The number of urea groups is 1. The van der Waals surface area contributed by atoms with Crippen molar-refractivity contribution in [2.45, 2.75) is 52.5 Å². The van der Waals surface area contributed by atoms with Crippen LogP contribution in [0.1, 0.15) is 47.0 Å². The highest BCUT2D eigenvalue weighted by Crippen LogP contribution is 2.17. The van der Waals surface area contributed by atoms with E-state index in [0.717, 1.165) is 19.3 Å². The molecular formula is C18H34N4O4. The molecule has 26 heavy (non-hydrogen) atoms. The van der Waals surface area contributed by atoms with Gasteiger partial charge in [0.15, 0.2) is 0 Å². The van der Waals surface area contributed by atoms with E-state index in [1.165, 1.54) is 0 Å². The van der Waals surface area contributed by atoms with Crippen molar-refractivity contribution in [2.24, 2.45) is 5.92 Å². The minimum absolute atomic E-state index is 0.00871. The number of hydrogen-bond donors (Lipinski definition) is 3. The Morgan fingerprint density at radius 2 is 1.81 bits per heavy atom. The van der Waals surface area contributed by atoms with E-state index < -0.39 is 11.6 Å². The molecule has 1 aliphatic rings. The molecule has 150 valence electrons. The fourth-order valence-electron chi connectivity index (χ4n) is 2.77. The Kier molecular flexibility index (Phi) is 9.58. The molecular weight excluding hydrogens is 336 g/mol. The molecule has 0 bridgehead atoms. The Bertz CT molecular complexity index is 468. The third kappa shape index (κ3) is 9.72. The Morgan fingerprint density at radius 3 is 2.38 bits per heavy atom. The largest absolute Gasteiger partial charge is 0.382 e. The van der Waals surface area contributed by atoms with Crippen LogP contribution in [0.5, 0.6) is 0 Å². The van der Waals surface area contributed by atoms with Crippen molar-refractivity contribution in [1.29, 1.82) is 0 Å². The summed E-state index contributed by atoms with van der Waals surface area (Å²) >= 11 is 0. The zero-order valence-corrected chi connectivity index (χ0v) is 16.5. The number of nitrogens with zero attached hydrogens (tertiary/aromatic N) is 1. The Balaban J connectivity index is 2.21. The first-order valence-electron chi connectivity index (χ1n) is 9.41. The summed E-state index contributed by atoms with van der Waals surface area (Å²) in [5.41, 5.74) is -0.390. The molecule has 1 fully saturated rings. The van der Waals surface area contributed by atoms with Crippen molar-refractivity contribution < 1.29 is 19.1 Å². The zero-order chi connectivity index (χ0) is 19.6. The lowest BCUT2D eigenvalue weighted by atomic mass is 9.96. The van der Waals surface area contributed by atoms with Crippen molar-refractivity contribution in [3.63, 3.8) is 0 Å². The van der Waals surface area contributed by atoms with E-state index in [1.807, 2.05) is 32.6 Å². The Morgan fingerprint density at radius 1 is 1.15 bits per heavy atom. The van der Waals surface area contributed by atoms with Crippen molar-refractivity contribution in [3.05, 3.63) is 0 Å². The van der Waals surface area contributed by atoms with E-state index in [9.17, 15) is 14.4 Å². The van der Waals surface area contributed by atoms with Crippen LogP contribution in [0.15, 0.2) is 0 Å². The average Bonchev–Trinajstić information content (AvgIpc) is 2.53. The van der Waals surface area contributed by atoms with Gasteiger partial charge in [0.25, 0.3) is 0 Å². The minimum Gasteiger partial charge on any atom is -0.382 e. The lowest BCUT2D eigenvalue weighted by Crippen LogP contribution is -2.51. The number of piperidine rings is 1. The van der Waals surface area contributed by atoms with Crippen LogP contribution in [-0.4, -0.2) is 67.7 Å². The Hall–Kier alpha value is -1.67. The number of nitrogens with one attached hydrogen (secondary N) is 3. The van der Waals surface area contributed by atoms with Gasteiger partial charge in [0.05, 0.1) is 6.54 Å². The zero-order valence-electron chi connectivity index (χ0n) is 16.5. The molecule has 0 unspecified atom stereocenters. The number of ether oxygens (including phenoxy) is 1. The summed E-state index contributed by atoms with van der Waals surface area (Å²) in [5.74, 6) is -0.258. The number of amides is 4. The first kappa shape index (κ1) is 22.4. The van der Waals surface area contributed by atoms with Crippen LogP contribution >= 0.6 is 0 Å². The van der Waals surface area contributed by atoms with Gasteiger partial charge >= 0.3 is 6.03 Å². The van der Waals surface area contributed by atoms with Crippen molar-refractivity contribution in [2.75, 3.05) is 39.4 Å². The maximum atomic E-state index is 12.1. The number of imide groups is 1. The fraction of sp³-hybridized carbons (Fsp3) is 0.833. The summed E-state index contributed by atoms with van der Waals surface area (Å²) in [6.07, 6.45) is 2.26. The van der Waals surface area contributed by atoms with Gasteiger partial charge in [0.1, 0.15) is 0 Å². The molecule has 1 aliphatic heterocycles. The smallest absolute Gasteiger partial charge is 0.321 e. The van der Waals surface area contributed by atoms with Gasteiger partial charge in [0.2, 0.25) is 11.8 Å². The van der Waals surface area contributed by atoms with E-state index in [4.69, 9.17) is 4.74 Å². The quantitative estimate of drug-likeness (QED) is 0.551. The Labute approximate surface area is 156 Å². The van der Waals surface area contributed by atoms with Gasteiger partial charge < -0.3 is 15.4 Å². The van der Waals surface area contributed by atoms with Crippen LogP contribution in [0.25, 0.3) is 0 Å². The molecule has 0 saturated carbocycles. The predicted octanol–water partition coefficient (Wildman–Crippen LogP) is 0.866. The third-order valence-electron chi connectivity index (χ3n) is 4.04. The number of rotatable bonds is 8. The average molecular weight is 370 g/mol. The normalized spacial score (nSPS) is 16.2. The number of likely N-dealkylation sites (tertiary alicyclic amines) is 1. The molecule has 8 nitrogen and oxygen atoms in total. The standard InChI is InChI=1S/C18H34N4O4/c1-5-26-12-6-9-19-16(24)14-7-10-22(11-8-14)13-15(23)20-17(25)21-18(2,3)4/h14H,5-13H2,1-4H3,(H,19,24)(H2,20,21,23,25). The number of hydrogen-bond acceptors (Lipinski definition) is 5. The van der Waals surface area contributed by atoms with Gasteiger partial charge in [-0.15, -0.1) is 0 Å². The van der Waals surface area contributed by atoms with Crippen LogP contribution < -0.4 is 16.0 Å². The van der Waals surface area contributed by atoms with Crippen LogP contribution in [0.3, 0.4) is 0 Å². The molecule has 1 heterocycles. The summed E-state index contributed by atoms with van der Waals surface area (Å²) in [6.45, 7) is 11.0. The minimum atomic E-state index is -0.483. The number of carbonyl (C=O) groups excluding carboxylic acids is 3. The van der Waals surface area contributed by atoms with Crippen LogP contribution in [0.4, 0.5) is 4.79 Å². The summed E-state index contributed by atoms with van der Waals surface area (Å²) in [5, 5.41) is 7.98. The van der Waals surface area contributed by atoms with E-state index >= 15 is 0 Å². The van der Waals surface area contributed by atoms with Gasteiger partial charge in [-0.1, -0.05) is 0 Å². The number of carbonyl (C=O) groups is 3. The van der Waals surface area contributed by atoms with Crippen molar-refractivity contribution >= 4 is 17.8 Å². The van der Waals surface area contributed by atoms with Crippen LogP contribution in [-0.2, 0) is 14.3 Å². The molecule has 0 atom stereocenters. The second-order valence-corrected chi connectivity index (χ2v) is 7.64. The highest BCUT2D eigenvalue weighted by Gasteiger charge is 2.26. The second kappa shape index (κ2) is 11.1. The SMILES string of the molecule is CCOCCCNC(=O)C1CCN(CC(=O)NC(=O)NC(C)(C)C)CC1. The first-order chi connectivity index (χ1) is 12.2. The first-order valence-corrected chi connectivity index (χ1v) is 9.41. The van der Waals surface area contributed by atoms with E-state index in [1.54, 1.807) is 0 Å². The lowest BCUT2D eigenvalue weighted by molar-refractivity contribution is -0.126. The molecule has 0 radical (unpaired) electrons. The second-order valence-electron chi connectivity index (χ2n) is 7.64. The molecule has 0 aromatic heterocycles. The maximum Gasteiger partial charge on any atom is 0.321 e. The van der Waals surface area contributed by atoms with Gasteiger partial charge in [0, 0.05) is 31.2 Å². The lowest BCUT2D eigenvalue weighted by Gasteiger charge is -2.30. The van der Waals surface area contributed by atoms with Crippen LogP contribution in [0, 0.1) is 5.92 Å². The third-order valence-corrected chi connectivity index (χ3v) is 4.04. The maximum absolute atomic E-state index is 12.1. The monoisotopic (exact) mass is 370 g/mol. The molecule has 4 amide bonds.